The summed E-state index contributed by atoms with van der Waals surface area (Å²) in [4.78, 5) is 17.7. The standard InChI is InChI=1S/C24H29N5O2S/c1-15(2)29-21-10-6-5-9-20(21)26-24(29)32-14-22(30)27-23-19(12-25)16(3)17(4)28(23)13-18-8-7-11-31-18/h5-6,9-10,15,18H,7-8,11,13-14H2,1-4H3,(H,27,30). The van der Waals surface area contributed by atoms with E-state index in [1.54, 1.807) is 0 Å². The van der Waals surface area contributed by atoms with E-state index in [-0.39, 0.29) is 23.8 Å². The average Bonchev–Trinajstić information content (AvgIpc) is 3.46. The number of anilines is 1. The van der Waals surface area contributed by atoms with E-state index in [4.69, 9.17) is 9.72 Å². The number of carbonyl (C=O) groups is 1. The van der Waals surface area contributed by atoms with Gasteiger partial charge in [0.25, 0.3) is 0 Å². The summed E-state index contributed by atoms with van der Waals surface area (Å²) in [5, 5.41) is 13.6. The summed E-state index contributed by atoms with van der Waals surface area (Å²) < 4.78 is 9.97. The molecule has 0 bridgehead atoms. The number of imidazole rings is 1. The second kappa shape index (κ2) is 9.39. The Bertz CT molecular complexity index is 1180. The van der Waals surface area contributed by atoms with Crippen LogP contribution in [0.4, 0.5) is 5.82 Å². The Morgan fingerprint density at radius 1 is 1.38 bits per heavy atom. The van der Waals surface area contributed by atoms with Crippen molar-refractivity contribution < 1.29 is 9.53 Å². The van der Waals surface area contributed by atoms with E-state index < -0.39 is 0 Å². The summed E-state index contributed by atoms with van der Waals surface area (Å²) in [7, 11) is 0. The van der Waals surface area contributed by atoms with Crippen LogP contribution in [0.5, 0.6) is 0 Å². The highest BCUT2D eigenvalue weighted by Crippen LogP contribution is 2.30. The van der Waals surface area contributed by atoms with Crippen LogP contribution < -0.4 is 5.32 Å². The number of hydrogen-bond donors (Lipinski definition) is 1. The van der Waals surface area contributed by atoms with Crippen molar-refractivity contribution in [3.05, 3.63) is 41.1 Å². The van der Waals surface area contributed by atoms with Crippen LogP contribution in [0.1, 0.15) is 49.6 Å². The predicted molar refractivity (Wildman–Crippen MR) is 127 cm³/mol. The van der Waals surface area contributed by atoms with Gasteiger partial charge in [0, 0.05) is 18.3 Å². The Hall–Kier alpha value is -2.76. The molecule has 1 fully saturated rings. The van der Waals surface area contributed by atoms with Gasteiger partial charge in [-0.2, -0.15) is 5.26 Å². The van der Waals surface area contributed by atoms with Crippen molar-refractivity contribution >= 4 is 34.5 Å². The molecule has 1 unspecified atom stereocenters. The Morgan fingerprint density at radius 3 is 2.84 bits per heavy atom. The molecule has 7 nitrogen and oxygen atoms in total. The number of thioether (sulfide) groups is 1. The molecule has 4 rings (SSSR count). The van der Waals surface area contributed by atoms with Crippen molar-refractivity contribution in [1.82, 2.24) is 14.1 Å². The number of nitrogens with one attached hydrogen (secondary N) is 1. The lowest BCUT2D eigenvalue weighted by Crippen LogP contribution is -2.22. The van der Waals surface area contributed by atoms with Gasteiger partial charge in [0.05, 0.1) is 35.0 Å². The number of benzene rings is 1. The van der Waals surface area contributed by atoms with Crippen molar-refractivity contribution in [2.45, 2.75) is 64.4 Å². The maximum absolute atomic E-state index is 12.9. The van der Waals surface area contributed by atoms with Gasteiger partial charge in [-0.25, -0.2) is 4.98 Å². The number of hydrogen-bond acceptors (Lipinski definition) is 5. The minimum Gasteiger partial charge on any atom is -0.376 e. The zero-order valence-electron chi connectivity index (χ0n) is 19.0. The maximum atomic E-state index is 12.9. The first-order chi connectivity index (χ1) is 15.4. The largest absolute Gasteiger partial charge is 0.376 e. The van der Waals surface area contributed by atoms with E-state index in [0.29, 0.717) is 17.9 Å². The van der Waals surface area contributed by atoms with Crippen LogP contribution in [0.2, 0.25) is 0 Å². The minimum absolute atomic E-state index is 0.114. The first-order valence-corrected chi connectivity index (χ1v) is 12.0. The fourth-order valence-corrected chi connectivity index (χ4v) is 5.22. The molecule has 1 N–H and O–H groups in total. The number of para-hydroxylation sites is 2. The van der Waals surface area contributed by atoms with Crippen molar-refractivity contribution in [1.29, 1.82) is 5.26 Å². The first-order valence-electron chi connectivity index (χ1n) is 11.0. The molecule has 1 atom stereocenters. The van der Waals surface area contributed by atoms with Gasteiger partial charge in [0.1, 0.15) is 11.9 Å². The molecule has 3 aromatic rings. The molecule has 32 heavy (non-hydrogen) atoms. The van der Waals surface area contributed by atoms with Gasteiger partial charge in [-0.05, 0) is 58.2 Å². The second-order valence-corrected chi connectivity index (χ2v) is 9.42. The molecule has 1 amide bonds. The first kappa shape index (κ1) is 22.4. The van der Waals surface area contributed by atoms with Gasteiger partial charge >= 0.3 is 0 Å². The van der Waals surface area contributed by atoms with Crippen LogP contribution in [-0.2, 0) is 16.1 Å². The topological polar surface area (TPSA) is 84.9 Å². The molecular weight excluding hydrogens is 422 g/mol. The van der Waals surface area contributed by atoms with Crippen molar-refractivity contribution in [2.75, 3.05) is 17.7 Å². The number of carbonyl (C=O) groups excluding carboxylic acids is 1. The molecule has 8 heteroatoms. The van der Waals surface area contributed by atoms with E-state index in [1.807, 2.05) is 36.6 Å². The molecule has 1 aliphatic rings. The number of rotatable bonds is 7. The molecule has 2 aromatic heterocycles. The molecular formula is C24H29N5O2S. The molecule has 0 aliphatic carbocycles. The van der Waals surface area contributed by atoms with Crippen molar-refractivity contribution in [3.8, 4) is 6.07 Å². The minimum atomic E-state index is -0.153. The third-order valence-corrected chi connectivity index (χ3v) is 6.97. The molecule has 1 aromatic carbocycles. The number of nitriles is 1. The SMILES string of the molecule is Cc1c(C#N)c(NC(=O)CSc2nc3ccccc3n2C(C)C)n(CC2CCCO2)c1C. The Morgan fingerprint density at radius 2 is 2.16 bits per heavy atom. The van der Waals surface area contributed by atoms with Crippen LogP contribution in [0, 0.1) is 25.2 Å². The Balaban J connectivity index is 1.54. The van der Waals surface area contributed by atoms with E-state index in [9.17, 15) is 10.1 Å². The van der Waals surface area contributed by atoms with Gasteiger partial charge in [-0.1, -0.05) is 23.9 Å². The van der Waals surface area contributed by atoms with Crippen LogP contribution >= 0.6 is 11.8 Å². The number of fused-ring (bicyclic) bond motifs is 1. The molecule has 1 aliphatic heterocycles. The quantitative estimate of drug-likeness (QED) is 0.521. The third-order valence-electron chi connectivity index (χ3n) is 6.02. The lowest BCUT2D eigenvalue weighted by Gasteiger charge is -2.17. The normalized spacial score (nSPS) is 16.1. The molecule has 168 valence electrons. The molecule has 0 spiro atoms. The fraction of sp³-hybridized carbons (Fsp3) is 0.458. The molecule has 1 saturated heterocycles. The fourth-order valence-electron chi connectivity index (χ4n) is 4.27. The van der Waals surface area contributed by atoms with E-state index in [0.717, 1.165) is 46.9 Å². The Kier molecular flexibility index (Phi) is 6.58. The number of ether oxygens (including phenoxy) is 1. The lowest BCUT2D eigenvalue weighted by molar-refractivity contribution is -0.113. The summed E-state index contributed by atoms with van der Waals surface area (Å²) in [6.45, 7) is 9.54. The van der Waals surface area contributed by atoms with Crippen LogP contribution in [0.25, 0.3) is 11.0 Å². The maximum Gasteiger partial charge on any atom is 0.235 e. The summed E-state index contributed by atoms with van der Waals surface area (Å²) in [5.74, 6) is 0.630. The third kappa shape index (κ3) is 4.27. The van der Waals surface area contributed by atoms with Gasteiger partial charge in [-0.15, -0.1) is 0 Å². The summed E-state index contributed by atoms with van der Waals surface area (Å²) in [6.07, 6.45) is 2.15. The zero-order valence-corrected chi connectivity index (χ0v) is 19.8. The van der Waals surface area contributed by atoms with Crippen LogP contribution in [-0.4, -0.2) is 38.5 Å². The smallest absolute Gasteiger partial charge is 0.235 e. The van der Waals surface area contributed by atoms with E-state index in [2.05, 4.69) is 35.9 Å². The van der Waals surface area contributed by atoms with E-state index in [1.165, 1.54) is 11.8 Å². The predicted octanol–water partition coefficient (Wildman–Crippen LogP) is 4.82. The van der Waals surface area contributed by atoms with Gasteiger partial charge in [0.15, 0.2) is 5.16 Å². The summed E-state index contributed by atoms with van der Waals surface area (Å²) >= 11 is 1.41. The number of amides is 1. The number of aromatic nitrogens is 3. The van der Waals surface area contributed by atoms with Gasteiger partial charge in [-0.3, -0.25) is 4.79 Å². The highest BCUT2D eigenvalue weighted by molar-refractivity contribution is 7.99. The molecule has 0 radical (unpaired) electrons. The number of nitrogens with zero attached hydrogens (tertiary/aromatic N) is 4. The van der Waals surface area contributed by atoms with E-state index >= 15 is 0 Å². The zero-order chi connectivity index (χ0) is 22.8. The second-order valence-electron chi connectivity index (χ2n) is 8.48. The molecule has 3 heterocycles. The summed E-state index contributed by atoms with van der Waals surface area (Å²) in [6, 6.07) is 10.5. The highest BCUT2D eigenvalue weighted by atomic mass is 32.2. The molecule has 0 saturated carbocycles. The van der Waals surface area contributed by atoms with Crippen LogP contribution in [0.15, 0.2) is 29.4 Å². The van der Waals surface area contributed by atoms with Gasteiger partial charge < -0.3 is 19.2 Å². The van der Waals surface area contributed by atoms with Crippen molar-refractivity contribution in [2.24, 2.45) is 0 Å². The van der Waals surface area contributed by atoms with Crippen molar-refractivity contribution in [3.63, 3.8) is 0 Å². The lowest BCUT2D eigenvalue weighted by atomic mass is 10.2. The highest BCUT2D eigenvalue weighted by Gasteiger charge is 2.24. The van der Waals surface area contributed by atoms with Crippen LogP contribution in [0.3, 0.4) is 0 Å². The average molecular weight is 452 g/mol. The Labute approximate surface area is 192 Å². The summed E-state index contributed by atoms with van der Waals surface area (Å²) in [5.41, 5.74) is 4.39. The monoisotopic (exact) mass is 451 g/mol. The van der Waals surface area contributed by atoms with Gasteiger partial charge in [0.2, 0.25) is 5.91 Å².